The molecule has 0 spiro atoms. The van der Waals surface area contributed by atoms with E-state index >= 15 is 0 Å². The molecule has 2 heterocycles. The SMILES string of the molecule is Nc1n[nH]c2cc(OCC3CCNCC3)c(F)cc12. The van der Waals surface area contributed by atoms with Gasteiger partial charge in [-0.2, -0.15) is 5.10 Å². The van der Waals surface area contributed by atoms with Gasteiger partial charge in [0.2, 0.25) is 0 Å². The molecule has 1 aromatic carbocycles. The Morgan fingerprint density at radius 2 is 2.16 bits per heavy atom. The molecule has 0 radical (unpaired) electrons. The van der Waals surface area contributed by atoms with Crippen molar-refractivity contribution in [1.29, 1.82) is 0 Å². The maximum Gasteiger partial charge on any atom is 0.165 e. The van der Waals surface area contributed by atoms with Crippen LogP contribution in [0.1, 0.15) is 12.8 Å². The molecule has 1 aromatic heterocycles. The second-order valence-corrected chi connectivity index (χ2v) is 4.94. The Balaban J connectivity index is 1.74. The van der Waals surface area contributed by atoms with E-state index in [1.807, 2.05) is 0 Å². The first-order chi connectivity index (χ1) is 9.24. The molecule has 6 heteroatoms. The zero-order valence-electron chi connectivity index (χ0n) is 10.6. The number of aromatic nitrogens is 2. The largest absolute Gasteiger partial charge is 0.490 e. The first-order valence-corrected chi connectivity index (χ1v) is 6.50. The van der Waals surface area contributed by atoms with Crippen molar-refractivity contribution in [3.8, 4) is 5.75 Å². The predicted molar refractivity (Wildman–Crippen MR) is 71.6 cm³/mol. The number of H-pyrrole nitrogens is 1. The number of anilines is 1. The number of aromatic amines is 1. The van der Waals surface area contributed by atoms with E-state index in [9.17, 15) is 4.39 Å². The van der Waals surface area contributed by atoms with Gasteiger partial charge < -0.3 is 15.8 Å². The molecular formula is C13H17FN4O. The van der Waals surface area contributed by atoms with Gasteiger partial charge in [0.05, 0.1) is 12.1 Å². The van der Waals surface area contributed by atoms with E-state index in [4.69, 9.17) is 10.5 Å². The first kappa shape index (κ1) is 12.2. The van der Waals surface area contributed by atoms with Gasteiger partial charge in [-0.1, -0.05) is 0 Å². The molecule has 0 unspecified atom stereocenters. The van der Waals surface area contributed by atoms with Gasteiger partial charge in [0.15, 0.2) is 17.4 Å². The summed E-state index contributed by atoms with van der Waals surface area (Å²) in [5.41, 5.74) is 6.32. The third kappa shape index (κ3) is 2.49. The number of rotatable bonds is 3. The zero-order chi connectivity index (χ0) is 13.2. The molecule has 0 atom stereocenters. The first-order valence-electron chi connectivity index (χ1n) is 6.50. The van der Waals surface area contributed by atoms with E-state index in [-0.39, 0.29) is 5.75 Å². The van der Waals surface area contributed by atoms with Crippen molar-refractivity contribution in [3.05, 3.63) is 17.9 Å². The maximum absolute atomic E-state index is 13.9. The Morgan fingerprint density at radius 1 is 1.37 bits per heavy atom. The summed E-state index contributed by atoms with van der Waals surface area (Å²) in [6.07, 6.45) is 2.14. The molecular weight excluding hydrogens is 247 g/mol. The lowest BCUT2D eigenvalue weighted by atomic mass is 9.99. The Morgan fingerprint density at radius 3 is 2.95 bits per heavy atom. The third-order valence-corrected chi connectivity index (χ3v) is 3.58. The van der Waals surface area contributed by atoms with Crippen molar-refractivity contribution in [2.45, 2.75) is 12.8 Å². The van der Waals surface area contributed by atoms with E-state index < -0.39 is 5.82 Å². The molecule has 1 aliphatic heterocycles. The Hall–Kier alpha value is -1.82. The van der Waals surface area contributed by atoms with Crippen LogP contribution in [-0.4, -0.2) is 29.9 Å². The highest BCUT2D eigenvalue weighted by Gasteiger charge is 2.15. The van der Waals surface area contributed by atoms with Crippen molar-refractivity contribution >= 4 is 16.7 Å². The molecule has 5 nitrogen and oxygen atoms in total. The molecule has 0 saturated carbocycles. The van der Waals surface area contributed by atoms with Crippen LogP contribution in [0.5, 0.6) is 5.75 Å². The third-order valence-electron chi connectivity index (χ3n) is 3.58. The number of hydrogen-bond acceptors (Lipinski definition) is 4. The summed E-state index contributed by atoms with van der Waals surface area (Å²) in [6.45, 7) is 2.56. The van der Waals surface area contributed by atoms with Gasteiger partial charge in [-0.05, 0) is 37.9 Å². The van der Waals surface area contributed by atoms with E-state index in [0.717, 1.165) is 25.9 Å². The summed E-state index contributed by atoms with van der Waals surface area (Å²) >= 11 is 0. The topological polar surface area (TPSA) is 76.0 Å². The Labute approximate surface area is 110 Å². The van der Waals surface area contributed by atoms with Crippen molar-refractivity contribution in [1.82, 2.24) is 15.5 Å². The number of halogens is 1. The van der Waals surface area contributed by atoms with Crippen LogP contribution in [0.15, 0.2) is 12.1 Å². The molecule has 1 saturated heterocycles. The predicted octanol–water partition coefficient (Wildman–Crippen LogP) is 1.66. The summed E-state index contributed by atoms with van der Waals surface area (Å²) in [7, 11) is 0. The second-order valence-electron chi connectivity index (χ2n) is 4.94. The molecule has 1 fully saturated rings. The molecule has 0 amide bonds. The highest BCUT2D eigenvalue weighted by atomic mass is 19.1. The molecule has 3 rings (SSSR count). The number of fused-ring (bicyclic) bond motifs is 1. The molecule has 2 aromatic rings. The van der Waals surface area contributed by atoms with E-state index in [0.29, 0.717) is 29.2 Å². The molecule has 0 aliphatic carbocycles. The minimum Gasteiger partial charge on any atom is -0.490 e. The van der Waals surface area contributed by atoms with Gasteiger partial charge in [0, 0.05) is 11.5 Å². The standard InChI is InChI=1S/C13H17FN4O/c14-10-5-9-11(17-18-13(9)15)6-12(10)19-7-8-1-3-16-4-2-8/h5-6,8,16H,1-4,7H2,(H3,15,17,18). The van der Waals surface area contributed by atoms with Crippen LogP contribution in [0.2, 0.25) is 0 Å². The number of nitrogen functional groups attached to an aromatic ring is 1. The average Bonchev–Trinajstić information content (AvgIpc) is 2.78. The number of nitrogens with one attached hydrogen (secondary N) is 2. The number of piperidine rings is 1. The molecule has 0 bridgehead atoms. The smallest absolute Gasteiger partial charge is 0.165 e. The van der Waals surface area contributed by atoms with Crippen LogP contribution in [0.3, 0.4) is 0 Å². The summed E-state index contributed by atoms with van der Waals surface area (Å²) in [4.78, 5) is 0. The fourth-order valence-electron chi connectivity index (χ4n) is 2.41. The van der Waals surface area contributed by atoms with Gasteiger partial charge in [-0.3, -0.25) is 5.10 Å². The van der Waals surface area contributed by atoms with Gasteiger partial charge in [-0.15, -0.1) is 0 Å². The van der Waals surface area contributed by atoms with Crippen molar-refractivity contribution in [3.63, 3.8) is 0 Å². The molecule has 4 N–H and O–H groups in total. The zero-order valence-corrected chi connectivity index (χ0v) is 10.6. The number of hydrogen-bond donors (Lipinski definition) is 3. The van der Waals surface area contributed by atoms with Crippen LogP contribution in [0.4, 0.5) is 10.2 Å². The average molecular weight is 264 g/mol. The van der Waals surface area contributed by atoms with E-state index in [1.54, 1.807) is 6.07 Å². The number of nitrogens with two attached hydrogens (primary N) is 1. The van der Waals surface area contributed by atoms with Crippen LogP contribution in [0, 0.1) is 11.7 Å². The van der Waals surface area contributed by atoms with Crippen LogP contribution in [-0.2, 0) is 0 Å². The van der Waals surface area contributed by atoms with Crippen molar-refractivity contribution in [2.24, 2.45) is 5.92 Å². The quantitative estimate of drug-likeness (QED) is 0.788. The maximum atomic E-state index is 13.9. The molecule has 1 aliphatic rings. The lowest BCUT2D eigenvalue weighted by molar-refractivity contribution is 0.208. The monoisotopic (exact) mass is 264 g/mol. The van der Waals surface area contributed by atoms with Gasteiger partial charge in [0.25, 0.3) is 0 Å². The lowest BCUT2D eigenvalue weighted by Crippen LogP contribution is -2.30. The van der Waals surface area contributed by atoms with Crippen LogP contribution >= 0.6 is 0 Å². The second kappa shape index (κ2) is 5.05. The highest BCUT2D eigenvalue weighted by molar-refractivity contribution is 5.89. The fourth-order valence-corrected chi connectivity index (χ4v) is 2.41. The van der Waals surface area contributed by atoms with Crippen LogP contribution in [0.25, 0.3) is 10.9 Å². The Kier molecular flexibility index (Phi) is 3.25. The molecule has 102 valence electrons. The summed E-state index contributed by atoms with van der Waals surface area (Å²) < 4.78 is 19.5. The minimum absolute atomic E-state index is 0.259. The van der Waals surface area contributed by atoms with Crippen LogP contribution < -0.4 is 15.8 Å². The summed E-state index contributed by atoms with van der Waals surface area (Å²) in [5.74, 6) is 0.659. The normalized spacial score (nSPS) is 16.9. The fraction of sp³-hybridized carbons (Fsp3) is 0.462. The van der Waals surface area contributed by atoms with E-state index in [1.165, 1.54) is 6.07 Å². The highest BCUT2D eigenvalue weighted by Crippen LogP contribution is 2.27. The Bertz CT molecular complexity index is 577. The summed E-state index contributed by atoms with van der Waals surface area (Å²) in [5, 5.41) is 10.5. The van der Waals surface area contributed by atoms with E-state index in [2.05, 4.69) is 15.5 Å². The number of benzene rings is 1. The molecule has 19 heavy (non-hydrogen) atoms. The summed E-state index contributed by atoms with van der Waals surface area (Å²) in [6, 6.07) is 2.99. The van der Waals surface area contributed by atoms with Gasteiger partial charge >= 0.3 is 0 Å². The van der Waals surface area contributed by atoms with Gasteiger partial charge in [0.1, 0.15) is 0 Å². The van der Waals surface area contributed by atoms with Gasteiger partial charge in [-0.25, -0.2) is 4.39 Å². The van der Waals surface area contributed by atoms with Crippen molar-refractivity contribution < 1.29 is 9.13 Å². The van der Waals surface area contributed by atoms with Crippen molar-refractivity contribution in [2.75, 3.05) is 25.4 Å². The number of ether oxygens (including phenoxy) is 1. The lowest BCUT2D eigenvalue weighted by Gasteiger charge is -2.22. The number of nitrogens with zero attached hydrogens (tertiary/aromatic N) is 1. The minimum atomic E-state index is -0.394.